The van der Waals surface area contributed by atoms with E-state index in [-0.39, 0.29) is 6.04 Å². The molecule has 1 fully saturated rings. The van der Waals surface area contributed by atoms with Crippen LogP contribution in [-0.2, 0) is 0 Å². The van der Waals surface area contributed by atoms with E-state index < -0.39 is 6.09 Å². The molecule has 9 heteroatoms. The van der Waals surface area contributed by atoms with Crippen LogP contribution in [0.3, 0.4) is 0 Å². The average molecular weight is 343 g/mol. The van der Waals surface area contributed by atoms with Crippen molar-refractivity contribution < 1.29 is 9.90 Å². The molecule has 1 amide bonds. The van der Waals surface area contributed by atoms with Crippen molar-refractivity contribution >= 4 is 28.6 Å². The molecule has 2 N–H and O–H groups in total. The zero-order valence-corrected chi connectivity index (χ0v) is 14.3. The van der Waals surface area contributed by atoms with Gasteiger partial charge in [-0.2, -0.15) is 0 Å². The Balaban J connectivity index is 1.58. The third kappa shape index (κ3) is 2.55. The van der Waals surface area contributed by atoms with Crippen LogP contribution in [-0.4, -0.2) is 66.8 Å². The number of anilines is 1. The molecule has 25 heavy (non-hydrogen) atoms. The first-order chi connectivity index (χ1) is 12.1. The Morgan fingerprint density at radius 1 is 1.28 bits per heavy atom. The Morgan fingerprint density at radius 3 is 2.72 bits per heavy atom. The van der Waals surface area contributed by atoms with Gasteiger partial charge in [-0.15, -0.1) is 10.2 Å². The molecule has 1 saturated carbocycles. The van der Waals surface area contributed by atoms with Crippen molar-refractivity contribution in [3.05, 3.63) is 18.7 Å². The van der Waals surface area contributed by atoms with Crippen LogP contribution in [0.4, 0.5) is 10.5 Å². The molecule has 4 rings (SSSR count). The van der Waals surface area contributed by atoms with Crippen LogP contribution < -0.4 is 4.90 Å². The maximum atomic E-state index is 11.1. The lowest BCUT2D eigenvalue weighted by Gasteiger charge is -2.38. The van der Waals surface area contributed by atoms with Crippen LogP contribution >= 0.6 is 0 Å². The fourth-order valence-corrected chi connectivity index (χ4v) is 3.81. The number of rotatable bonds is 3. The number of aromatic nitrogens is 5. The van der Waals surface area contributed by atoms with E-state index in [9.17, 15) is 4.79 Å². The summed E-state index contributed by atoms with van der Waals surface area (Å²) in [5.41, 5.74) is 3.54. The molecule has 0 unspecified atom stereocenters. The summed E-state index contributed by atoms with van der Waals surface area (Å²) in [5, 5.41) is 17.2. The molecule has 3 heterocycles. The second-order valence-electron chi connectivity index (χ2n) is 6.66. The highest BCUT2D eigenvalue weighted by molar-refractivity contribution is 5.88. The summed E-state index contributed by atoms with van der Waals surface area (Å²) in [7, 11) is 3.74. The normalized spacial score (nSPS) is 20.9. The van der Waals surface area contributed by atoms with Gasteiger partial charge >= 0.3 is 6.09 Å². The molecule has 3 aromatic rings. The molecule has 0 aliphatic heterocycles. The largest absolute Gasteiger partial charge is 0.465 e. The van der Waals surface area contributed by atoms with Gasteiger partial charge in [-0.05, 0) is 25.7 Å². The number of H-pyrrole nitrogens is 1. The smallest absolute Gasteiger partial charge is 0.407 e. The Morgan fingerprint density at radius 2 is 2.00 bits per heavy atom. The minimum absolute atomic E-state index is 0.108. The monoisotopic (exact) mass is 343 g/mol. The SMILES string of the molecule is CN(C(=O)O)[C@H]1CC[C@H](N(C)c2c[nH]c3ncc4nncn4c23)CC1. The first kappa shape index (κ1) is 15.7. The molecule has 1 aliphatic rings. The van der Waals surface area contributed by atoms with Crippen molar-refractivity contribution in [2.75, 3.05) is 19.0 Å². The molecular formula is C16H21N7O2. The quantitative estimate of drug-likeness (QED) is 0.754. The molecule has 0 bridgehead atoms. The molecule has 3 aromatic heterocycles. The molecule has 0 aromatic carbocycles. The summed E-state index contributed by atoms with van der Waals surface area (Å²) in [5.74, 6) is 0. The van der Waals surface area contributed by atoms with Crippen molar-refractivity contribution in [1.29, 1.82) is 0 Å². The van der Waals surface area contributed by atoms with Crippen LogP contribution in [0.5, 0.6) is 0 Å². The summed E-state index contributed by atoms with van der Waals surface area (Å²) in [6.45, 7) is 0. The standard InChI is InChI=1S/C16H21N7O2/c1-21(10-3-5-11(6-4-10)22(2)16(24)25)12-7-17-15-14(12)23-9-19-20-13(23)8-18-15/h7-11,17H,3-6H2,1-2H3,(H,24,25)/t10-,11-. The highest BCUT2D eigenvalue weighted by Gasteiger charge is 2.29. The summed E-state index contributed by atoms with van der Waals surface area (Å²) >= 11 is 0. The molecule has 0 saturated heterocycles. The van der Waals surface area contributed by atoms with Crippen molar-refractivity contribution in [3.8, 4) is 0 Å². The van der Waals surface area contributed by atoms with E-state index in [1.165, 1.54) is 4.90 Å². The van der Waals surface area contributed by atoms with Gasteiger partial charge in [0.2, 0.25) is 0 Å². The lowest BCUT2D eigenvalue weighted by atomic mass is 9.89. The predicted molar refractivity (Wildman–Crippen MR) is 92.9 cm³/mol. The van der Waals surface area contributed by atoms with Gasteiger partial charge in [-0.3, -0.25) is 4.40 Å². The van der Waals surface area contributed by atoms with E-state index in [0.717, 1.165) is 42.5 Å². The van der Waals surface area contributed by atoms with E-state index >= 15 is 0 Å². The lowest BCUT2D eigenvalue weighted by Crippen LogP contribution is -2.43. The highest BCUT2D eigenvalue weighted by atomic mass is 16.4. The summed E-state index contributed by atoms with van der Waals surface area (Å²) in [4.78, 5) is 22.5. The fourth-order valence-electron chi connectivity index (χ4n) is 3.81. The second kappa shape index (κ2) is 5.91. The van der Waals surface area contributed by atoms with Gasteiger partial charge in [-0.1, -0.05) is 0 Å². The van der Waals surface area contributed by atoms with Crippen LogP contribution in [0, 0.1) is 0 Å². The molecule has 9 nitrogen and oxygen atoms in total. The Labute approximate surface area is 144 Å². The second-order valence-corrected chi connectivity index (χ2v) is 6.66. The molecule has 1 aliphatic carbocycles. The minimum atomic E-state index is -0.852. The van der Waals surface area contributed by atoms with Crippen LogP contribution in [0.25, 0.3) is 16.8 Å². The minimum Gasteiger partial charge on any atom is -0.465 e. The highest BCUT2D eigenvalue weighted by Crippen LogP contribution is 2.32. The zero-order valence-electron chi connectivity index (χ0n) is 14.3. The van der Waals surface area contributed by atoms with Crippen molar-refractivity contribution in [2.24, 2.45) is 0 Å². The Kier molecular flexibility index (Phi) is 3.70. The first-order valence-corrected chi connectivity index (χ1v) is 8.40. The molecule has 0 radical (unpaired) electrons. The summed E-state index contributed by atoms with van der Waals surface area (Å²) in [6, 6.07) is 0.473. The molecule has 0 spiro atoms. The number of fused-ring (bicyclic) bond motifs is 3. The van der Waals surface area contributed by atoms with Crippen molar-refractivity contribution in [3.63, 3.8) is 0 Å². The third-order valence-electron chi connectivity index (χ3n) is 5.38. The number of carbonyl (C=O) groups is 1. The summed E-state index contributed by atoms with van der Waals surface area (Å²) in [6.07, 6.45) is 8.17. The average Bonchev–Trinajstić information content (AvgIpc) is 3.26. The molecule has 132 valence electrons. The van der Waals surface area contributed by atoms with Crippen LogP contribution in [0.2, 0.25) is 0 Å². The number of carboxylic acid groups (broad SMARTS) is 1. The molecule has 0 atom stereocenters. The van der Waals surface area contributed by atoms with E-state index in [4.69, 9.17) is 5.11 Å². The van der Waals surface area contributed by atoms with E-state index in [1.54, 1.807) is 19.6 Å². The van der Waals surface area contributed by atoms with Gasteiger partial charge in [0, 0.05) is 32.4 Å². The van der Waals surface area contributed by atoms with Crippen molar-refractivity contribution in [2.45, 2.75) is 37.8 Å². The van der Waals surface area contributed by atoms with Gasteiger partial charge in [0.15, 0.2) is 11.3 Å². The lowest BCUT2D eigenvalue weighted by molar-refractivity contribution is 0.124. The van der Waals surface area contributed by atoms with Gasteiger partial charge < -0.3 is 19.9 Å². The first-order valence-electron chi connectivity index (χ1n) is 8.40. The number of hydrogen-bond donors (Lipinski definition) is 2. The summed E-state index contributed by atoms with van der Waals surface area (Å²) < 4.78 is 1.94. The van der Waals surface area contributed by atoms with Crippen LogP contribution in [0.15, 0.2) is 18.7 Å². The number of nitrogens with one attached hydrogen (secondary N) is 1. The number of nitrogens with zero attached hydrogens (tertiary/aromatic N) is 6. The number of amides is 1. The third-order valence-corrected chi connectivity index (χ3v) is 5.38. The number of hydrogen-bond acceptors (Lipinski definition) is 5. The van der Waals surface area contributed by atoms with E-state index in [2.05, 4.69) is 32.1 Å². The van der Waals surface area contributed by atoms with Gasteiger partial charge in [-0.25, -0.2) is 9.78 Å². The maximum Gasteiger partial charge on any atom is 0.407 e. The van der Waals surface area contributed by atoms with Gasteiger partial charge in [0.25, 0.3) is 0 Å². The van der Waals surface area contributed by atoms with E-state index in [0.29, 0.717) is 11.7 Å². The molecular weight excluding hydrogens is 322 g/mol. The van der Waals surface area contributed by atoms with Crippen LogP contribution in [0.1, 0.15) is 25.7 Å². The van der Waals surface area contributed by atoms with E-state index in [1.807, 2.05) is 10.6 Å². The van der Waals surface area contributed by atoms with Crippen molar-refractivity contribution in [1.82, 2.24) is 29.5 Å². The van der Waals surface area contributed by atoms with Gasteiger partial charge in [0.05, 0.1) is 11.9 Å². The number of aromatic amines is 1. The van der Waals surface area contributed by atoms with Gasteiger partial charge in [0.1, 0.15) is 11.8 Å². The predicted octanol–water partition coefficient (Wildman–Crippen LogP) is 1.96. The Bertz CT molecular complexity index is 910. The zero-order chi connectivity index (χ0) is 17.6. The fraction of sp³-hybridized carbons (Fsp3) is 0.500. The topological polar surface area (TPSA) is 103 Å². The maximum absolute atomic E-state index is 11.1. The Hall–Kier alpha value is -2.84.